The molecule has 0 aliphatic carbocycles. The third kappa shape index (κ3) is 2.27. The van der Waals surface area contributed by atoms with E-state index in [2.05, 4.69) is 12.1 Å². The van der Waals surface area contributed by atoms with E-state index in [4.69, 9.17) is 4.74 Å². The molecule has 2 saturated heterocycles. The molecule has 0 radical (unpaired) electrons. The largest absolute Gasteiger partial charge is 0.371 e. The molecule has 1 aromatic rings. The average Bonchev–Trinajstić information content (AvgIpc) is 2.90. The molecule has 3 heteroatoms. The summed E-state index contributed by atoms with van der Waals surface area (Å²) in [6, 6.07) is 10.6. The van der Waals surface area contributed by atoms with Crippen molar-refractivity contribution in [2.75, 3.05) is 6.54 Å². The van der Waals surface area contributed by atoms with E-state index in [1.807, 2.05) is 23.1 Å². The van der Waals surface area contributed by atoms with Gasteiger partial charge >= 0.3 is 0 Å². The van der Waals surface area contributed by atoms with Crippen molar-refractivity contribution in [2.24, 2.45) is 0 Å². The molecular formula is C15H19NO2. The molecular weight excluding hydrogens is 226 g/mol. The van der Waals surface area contributed by atoms with Crippen molar-refractivity contribution in [3.63, 3.8) is 0 Å². The number of carbonyl (C=O) groups is 1. The van der Waals surface area contributed by atoms with Crippen LogP contribution in [-0.2, 0) is 16.1 Å². The molecule has 0 aromatic heterocycles. The maximum atomic E-state index is 11.8. The van der Waals surface area contributed by atoms with Gasteiger partial charge in [-0.05, 0) is 24.8 Å². The fourth-order valence-corrected chi connectivity index (χ4v) is 3.06. The van der Waals surface area contributed by atoms with E-state index in [0.29, 0.717) is 25.0 Å². The zero-order valence-corrected chi connectivity index (χ0v) is 10.5. The first-order valence-electron chi connectivity index (χ1n) is 6.79. The second-order valence-corrected chi connectivity index (χ2v) is 5.17. The van der Waals surface area contributed by atoms with Crippen molar-refractivity contribution in [1.29, 1.82) is 0 Å². The van der Waals surface area contributed by atoms with Crippen molar-refractivity contribution in [1.82, 2.24) is 4.90 Å². The normalized spacial score (nSPS) is 27.3. The zero-order valence-electron chi connectivity index (χ0n) is 10.5. The van der Waals surface area contributed by atoms with Crippen LogP contribution in [0.4, 0.5) is 0 Å². The molecule has 2 heterocycles. The van der Waals surface area contributed by atoms with Crippen LogP contribution in [0.3, 0.4) is 0 Å². The van der Waals surface area contributed by atoms with Crippen LogP contribution in [0.25, 0.3) is 0 Å². The van der Waals surface area contributed by atoms with E-state index in [1.54, 1.807) is 0 Å². The lowest BCUT2D eigenvalue weighted by molar-refractivity contribution is -0.142. The fraction of sp³-hybridized carbons (Fsp3) is 0.533. The highest BCUT2D eigenvalue weighted by Crippen LogP contribution is 2.30. The molecule has 18 heavy (non-hydrogen) atoms. The zero-order chi connectivity index (χ0) is 12.4. The van der Waals surface area contributed by atoms with Crippen molar-refractivity contribution < 1.29 is 9.53 Å². The number of fused-ring (bicyclic) bond motifs is 1. The third-order valence-electron chi connectivity index (χ3n) is 4.00. The number of hydrogen-bond acceptors (Lipinski definition) is 2. The SMILES string of the molecule is O=C1CC[C@@H](OCc2ccccc2)[C@H]2CCCN12. The van der Waals surface area contributed by atoms with Crippen LogP contribution in [0.1, 0.15) is 31.2 Å². The molecule has 3 nitrogen and oxygen atoms in total. The highest BCUT2D eigenvalue weighted by atomic mass is 16.5. The molecule has 1 amide bonds. The quantitative estimate of drug-likeness (QED) is 0.818. The Balaban J connectivity index is 1.61. The van der Waals surface area contributed by atoms with Crippen molar-refractivity contribution >= 4 is 5.91 Å². The van der Waals surface area contributed by atoms with E-state index < -0.39 is 0 Å². The molecule has 3 rings (SSSR count). The average molecular weight is 245 g/mol. The second kappa shape index (κ2) is 5.11. The first-order valence-corrected chi connectivity index (χ1v) is 6.79. The lowest BCUT2D eigenvalue weighted by Crippen LogP contribution is -2.48. The van der Waals surface area contributed by atoms with Crippen molar-refractivity contribution in [3.8, 4) is 0 Å². The molecule has 0 unspecified atom stereocenters. The van der Waals surface area contributed by atoms with Gasteiger partial charge in [-0.1, -0.05) is 30.3 Å². The summed E-state index contributed by atoms with van der Waals surface area (Å²) in [6.07, 6.45) is 3.99. The minimum Gasteiger partial charge on any atom is -0.371 e. The topological polar surface area (TPSA) is 29.5 Å². The van der Waals surface area contributed by atoms with Gasteiger partial charge in [0.1, 0.15) is 0 Å². The standard InChI is InChI=1S/C15H19NO2/c17-15-9-8-14(13-7-4-10-16(13)15)18-11-12-5-2-1-3-6-12/h1-3,5-6,13-14H,4,7-11H2/t13-,14-/m1/s1. The van der Waals surface area contributed by atoms with Gasteiger partial charge in [0.15, 0.2) is 0 Å². The van der Waals surface area contributed by atoms with Gasteiger partial charge in [-0.25, -0.2) is 0 Å². The predicted octanol–water partition coefficient (Wildman–Crippen LogP) is 2.36. The van der Waals surface area contributed by atoms with E-state index >= 15 is 0 Å². The number of ether oxygens (including phenoxy) is 1. The smallest absolute Gasteiger partial charge is 0.223 e. The highest BCUT2D eigenvalue weighted by molar-refractivity contribution is 5.77. The Morgan fingerprint density at radius 3 is 2.89 bits per heavy atom. The number of benzene rings is 1. The summed E-state index contributed by atoms with van der Waals surface area (Å²) in [4.78, 5) is 13.8. The van der Waals surface area contributed by atoms with Crippen LogP contribution < -0.4 is 0 Å². The summed E-state index contributed by atoms with van der Waals surface area (Å²) >= 11 is 0. The third-order valence-corrected chi connectivity index (χ3v) is 4.00. The van der Waals surface area contributed by atoms with Crippen LogP contribution in [0.15, 0.2) is 30.3 Å². The Bertz CT molecular complexity index is 418. The molecule has 1 aromatic carbocycles. The van der Waals surface area contributed by atoms with Gasteiger partial charge < -0.3 is 9.64 Å². The summed E-state index contributed by atoms with van der Waals surface area (Å²) in [5.74, 6) is 0.317. The van der Waals surface area contributed by atoms with Gasteiger partial charge in [-0.2, -0.15) is 0 Å². The highest BCUT2D eigenvalue weighted by Gasteiger charge is 2.39. The summed E-state index contributed by atoms with van der Waals surface area (Å²) in [5, 5.41) is 0. The monoisotopic (exact) mass is 245 g/mol. The summed E-state index contributed by atoms with van der Waals surface area (Å²) in [7, 11) is 0. The summed E-state index contributed by atoms with van der Waals surface area (Å²) in [6.45, 7) is 1.58. The minimum absolute atomic E-state index is 0.227. The second-order valence-electron chi connectivity index (χ2n) is 5.17. The molecule has 2 aliphatic heterocycles. The minimum atomic E-state index is 0.227. The van der Waals surface area contributed by atoms with Crippen molar-refractivity contribution in [2.45, 2.75) is 44.4 Å². The van der Waals surface area contributed by atoms with E-state index in [-0.39, 0.29) is 6.10 Å². The molecule has 2 fully saturated rings. The van der Waals surface area contributed by atoms with E-state index in [9.17, 15) is 4.79 Å². The van der Waals surface area contributed by atoms with Gasteiger partial charge in [-0.15, -0.1) is 0 Å². The van der Waals surface area contributed by atoms with Gasteiger partial charge in [0.2, 0.25) is 5.91 Å². The Kier molecular flexibility index (Phi) is 3.33. The number of carbonyl (C=O) groups excluding carboxylic acids is 1. The Hall–Kier alpha value is -1.35. The van der Waals surface area contributed by atoms with Gasteiger partial charge in [-0.3, -0.25) is 4.79 Å². The van der Waals surface area contributed by atoms with Crippen LogP contribution in [0.2, 0.25) is 0 Å². The number of piperidine rings is 1. The molecule has 2 atom stereocenters. The maximum absolute atomic E-state index is 11.8. The molecule has 2 aliphatic rings. The van der Waals surface area contributed by atoms with Crippen LogP contribution in [-0.4, -0.2) is 29.5 Å². The fourth-order valence-electron chi connectivity index (χ4n) is 3.06. The molecule has 96 valence electrons. The number of amides is 1. The van der Waals surface area contributed by atoms with Crippen LogP contribution in [0, 0.1) is 0 Å². The molecule has 0 N–H and O–H groups in total. The maximum Gasteiger partial charge on any atom is 0.223 e. The van der Waals surface area contributed by atoms with Gasteiger partial charge in [0.25, 0.3) is 0 Å². The number of hydrogen-bond donors (Lipinski definition) is 0. The first kappa shape index (κ1) is 11.7. The lowest BCUT2D eigenvalue weighted by atomic mass is 9.98. The van der Waals surface area contributed by atoms with E-state index in [0.717, 1.165) is 25.8 Å². The molecule has 0 bridgehead atoms. The van der Waals surface area contributed by atoms with Gasteiger partial charge in [0.05, 0.1) is 18.8 Å². The number of rotatable bonds is 3. The Labute approximate surface area is 108 Å². The molecule has 0 saturated carbocycles. The molecule has 0 spiro atoms. The lowest BCUT2D eigenvalue weighted by Gasteiger charge is -2.36. The number of nitrogens with zero attached hydrogens (tertiary/aromatic N) is 1. The van der Waals surface area contributed by atoms with Crippen LogP contribution in [0.5, 0.6) is 0 Å². The van der Waals surface area contributed by atoms with E-state index in [1.165, 1.54) is 5.56 Å². The predicted molar refractivity (Wildman–Crippen MR) is 69.0 cm³/mol. The van der Waals surface area contributed by atoms with Crippen molar-refractivity contribution in [3.05, 3.63) is 35.9 Å². The first-order chi connectivity index (χ1) is 8.84. The van der Waals surface area contributed by atoms with Crippen LogP contribution >= 0.6 is 0 Å². The Morgan fingerprint density at radius 2 is 2.06 bits per heavy atom. The Morgan fingerprint density at radius 1 is 1.22 bits per heavy atom. The summed E-state index contributed by atoms with van der Waals surface area (Å²) in [5.41, 5.74) is 1.21. The van der Waals surface area contributed by atoms with Gasteiger partial charge in [0, 0.05) is 13.0 Å². The summed E-state index contributed by atoms with van der Waals surface area (Å²) < 4.78 is 6.04.